The molecule has 0 radical (unpaired) electrons. The summed E-state index contributed by atoms with van der Waals surface area (Å²) < 4.78 is 27.0. The third-order valence-electron chi connectivity index (χ3n) is 6.22. The highest BCUT2D eigenvalue weighted by atomic mass is 79.9. The van der Waals surface area contributed by atoms with E-state index in [2.05, 4.69) is 21.2 Å². The topological polar surface area (TPSA) is 86.8 Å². The zero-order valence-electron chi connectivity index (χ0n) is 20.2. The molecule has 2 aromatic rings. The van der Waals surface area contributed by atoms with Gasteiger partial charge >= 0.3 is 0 Å². The summed E-state index contributed by atoms with van der Waals surface area (Å²) in [5.74, 6) is -0.750. The molecular formula is C25H30BrCl2N3O4S. The second-order valence-electron chi connectivity index (χ2n) is 8.91. The fraction of sp³-hybridized carbons (Fsp3) is 0.440. The molecule has 0 spiro atoms. The minimum absolute atomic E-state index is 0.0693. The quantitative estimate of drug-likeness (QED) is 0.387. The molecule has 0 heterocycles. The van der Waals surface area contributed by atoms with Crippen molar-refractivity contribution in [3.05, 3.63) is 62.5 Å². The number of anilines is 1. The number of rotatable bonds is 10. The molecule has 1 aliphatic rings. The van der Waals surface area contributed by atoms with Crippen LogP contribution in [-0.4, -0.2) is 50.0 Å². The van der Waals surface area contributed by atoms with Crippen LogP contribution in [0.3, 0.4) is 0 Å². The number of amides is 2. The smallest absolute Gasteiger partial charge is 0.244 e. The summed E-state index contributed by atoms with van der Waals surface area (Å²) in [7, 11) is -3.81. The Morgan fingerprint density at radius 3 is 2.36 bits per heavy atom. The van der Waals surface area contributed by atoms with Gasteiger partial charge < -0.3 is 10.2 Å². The highest BCUT2D eigenvalue weighted by molar-refractivity contribution is 9.10. The molecule has 0 saturated heterocycles. The van der Waals surface area contributed by atoms with Gasteiger partial charge in [-0.05, 0) is 65.0 Å². The number of sulfonamides is 1. The van der Waals surface area contributed by atoms with Crippen LogP contribution in [0, 0.1) is 0 Å². The van der Waals surface area contributed by atoms with Gasteiger partial charge in [0.1, 0.15) is 12.6 Å². The molecule has 3 rings (SSSR count). The summed E-state index contributed by atoms with van der Waals surface area (Å²) in [5.41, 5.74) is 1.02. The highest BCUT2D eigenvalue weighted by Crippen LogP contribution is 2.29. The number of nitrogens with one attached hydrogen (secondary N) is 1. The molecular weight excluding hydrogens is 589 g/mol. The van der Waals surface area contributed by atoms with E-state index in [0.717, 1.165) is 36.2 Å². The fourth-order valence-electron chi connectivity index (χ4n) is 4.37. The first-order chi connectivity index (χ1) is 17.0. The van der Waals surface area contributed by atoms with Crippen molar-refractivity contribution in [2.75, 3.05) is 17.1 Å². The summed E-state index contributed by atoms with van der Waals surface area (Å²) in [6, 6.07) is 11.1. The van der Waals surface area contributed by atoms with Crippen molar-refractivity contribution in [2.24, 2.45) is 0 Å². The highest BCUT2D eigenvalue weighted by Gasteiger charge is 2.33. The number of nitrogens with zero attached hydrogens (tertiary/aromatic N) is 2. The number of carbonyl (C=O) groups is 2. The SMILES string of the molecule is CC[C@@H](C(=O)NC1CCCC1)N(Cc1ccc(Cl)c(Cl)c1)C(=O)CN(c1ccccc1Br)S(C)(=O)=O. The van der Waals surface area contributed by atoms with Crippen LogP contribution in [0.25, 0.3) is 0 Å². The molecule has 196 valence electrons. The van der Waals surface area contributed by atoms with Crippen LogP contribution in [0.5, 0.6) is 0 Å². The lowest BCUT2D eigenvalue weighted by Crippen LogP contribution is -2.53. The average molecular weight is 619 g/mol. The minimum atomic E-state index is -3.81. The van der Waals surface area contributed by atoms with Crippen LogP contribution in [0.2, 0.25) is 10.0 Å². The Bertz CT molecular complexity index is 1210. The van der Waals surface area contributed by atoms with Gasteiger partial charge in [-0.3, -0.25) is 13.9 Å². The molecule has 11 heteroatoms. The number of carbonyl (C=O) groups excluding carboxylic acids is 2. The Kier molecular flexibility index (Phi) is 10.1. The second kappa shape index (κ2) is 12.6. The maximum Gasteiger partial charge on any atom is 0.244 e. The molecule has 2 amide bonds. The molecule has 36 heavy (non-hydrogen) atoms. The molecule has 7 nitrogen and oxygen atoms in total. The predicted octanol–water partition coefficient (Wildman–Crippen LogP) is 5.39. The molecule has 1 N–H and O–H groups in total. The monoisotopic (exact) mass is 617 g/mol. The summed E-state index contributed by atoms with van der Waals surface area (Å²) in [6.45, 7) is 1.44. The van der Waals surface area contributed by atoms with Crippen LogP contribution >= 0.6 is 39.1 Å². The van der Waals surface area contributed by atoms with Crippen LogP contribution in [0.1, 0.15) is 44.6 Å². The van der Waals surface area contributed by atoms with E-state index < -0.39 is 28.5 Å². The van der Waals surface area contributed by atoms with Crippen molar-refractivity contribution in [2.45, 2.75) is 57.7 Å². The minimum Gasteiger partial charge on any atom is -0.352 e. The van der Waals surface area contributed by atoms with E-state index in [1.807, 2.05) is 6.92 Å². The zero-order chi connectivity index (χ0) is 26.5. The molecule has 0 aliphatic heterocycles. The Balaban J connectivity index is 1.95. The number of benzene rings is 2. The van der Waals surface area contributed by atoms with Gasteiger partial charge in [-0.1, -0.05) is 61.2 Å². The van der Waals surface area contributed by atoms with Gasteiger partial charge in [-0.15, -0.1) is 0 Å². The van der Waals surface area contributed by atoms with E-state index in [-0.39, 0.29) is 18.5 Å². The third-order valence-corrected chi connectivity index (χ3v) is 8.76. The fourth-order valence-corrected chi connectivity index (χ4v) is 6.17. The van der Waals surface area contributed by atoms with Crippen molar-refractivity contribution in [1.82, 2.24) is 10.2 Å². The van der Waals surface area contributed by atoms with Crippen LogP contribution in [-0.2, 0) is 26.2 Å². The average Bonchev–Trinajstić information content (AvgIpc) is 3.32. The summed E-state index contributed by atoms with van der Waals surface area (Å²) in [6.07, 6.45) is 5.35. The molecule has 1 aliphatic carbocycles. The Morgan fingerprint density at radius 1 is 1.11 bits per heavy atom. The number of halogens is 3. The number of hydrogen-bond donors (Lipinski definition) is 1. The summed E-state index contributed by atoms with van der Waals surface area (Å²) >= 11 is 15.6. The maximum absolute atomic E-state index is 13.7. The molecule has 0 unspecified atom stereocenters. The molecule has 1 atom stereocenters. The van der Waals surface area contributed by atoms with Crippen LogP contribution in [0.15, 0.2) is 46.9 Å². The Morgan fingerprint density at radius 2 is 1.78 bits per heavy atom. The van der Waals surface area contributed by atoms with Crippen molar-refractivity contribution >= 4 is 66.7 Å². The lowest BCUT2D eigenvalue weighted by molar-refractivity contribution is -0.140. The van der Waals surface area contributed by atoms with Crippen molar-refractivity contribution in [3.8, 4) is 0 Å². The summed E-state index contributed by atoms with van der Waals surface area (Å²) in [5, 5.41) is 3.78. The van der Waals surface area contributed by atoms with E-state index in [4.69, 9.17) is 23.2 Å². The first kappa shape index (κ1) is 28.8. The van der Waals surface area contributed by atoms with Crippen molar-refractivity contribution in [1.29, 1.82) is 0 Å². The Labute approximate surface area is 231 Å². The summed E-state index contributed by atoms with van der Waals surface area (Å²) in [4.78, 5) is 28.5. The lowest BCUT2D eigenvalue weighted by Gasteiger charge is -2.33. The normalized spacial score (nSPS) is 14.9. The van der Waals surface area contributed by atoms with Crippen LogP contribution in [0.4, 0.5) is 5.69 Å². The number of hydrogen-bond acceptors (Lipinski definition) is 4. The van der Waals surface area contributed by atoms with Gasteiger partial charge in [0.2, 0.25) is 21.8 Å². The van der Waals surface area contributed by atoms with E-state index in [0.29, 0.717) is 32.2 Å². The third kappa shape index (κ3) is 7.37. The van der Waals surface area contributed by atoms with E-state index in [1.165, 1.54) is 4.90 Å². The molecule has 2 aromatic carbocycles. The van der Waals surface area contributed by atoms with Gasteiger partial charge in [-0.25, -0.2) is 8.42 Å². The first-order valence-corrected chi connectivity index (χ1v) is 15.2. The molecule has 0 bridgehead atoms. The van der Waals surface area contributed by atoms with E-state index in [1.54, 1.807) is 42.5 Å². The first-order valence-electron chi connectivity index (χ1n) is 11.8. The standard InChI is InChI=1S/C25H30BrCl2N3O4S/c1-3-22(25(33)29-18-8-4-5-9-18)30(15-17-12-13-20(27)21(28)14-17)24(32)16-31(36(2,34)35)23-11-7-6-10-19(23)26/h6-7,10-14,18,22H,3-5,8-9,15-16H2,1-2H3,(H,29,33)/t22-/m0/s1. The van der Waals surface area contributed by atoms with Gasteiger partial charge in [0.05, 0.1) is 22.0 Å². The lowest BCUT2D eigenvalue weighted by atomic mass is 10.1. The molecule has 0 aromatic heterocycles. The molecule has 1 saturated carbocycles. The van der Waals surface area contributed by atoms with Crippen LogP contribution < -0.4 is 9.62 Å². The van der Waals surface area contributed by atoms with Crippen molar-refractivity contribution in [3.63, 3.8) is 0 Å². The predicted molar refractivity (Wildman–Crippen MR) is 148 cm³/mol. The maximum atomic E-state index is 13.7. The second-order valence-corrected chi connectivity index (χ2v) is 12.5. The van der Waals surface area contributed by atoms with Gasteiger partial charge in [0, 0.05) is 17.1 Å². The Hall–Kier alpha value is -1.81. The van der Waals surface area contributed by atoms with Gasteiger partial charge in [0.15, 0.2) is 0 Å². The van der Waals surface area contributed by atoms with E-state index in [9.17, 15) is 18.0 Å². The van der Waals surface area contributed by atoms with Gasteiger partial charge in [0.25, 0.3) is 0 Å². The van der Waals surface area contributed by atoms with Crippen molar-refractivity contribution < 1.29 is 18.0 Å². The molecule has 1 fully saturated rings. The van der Waals surface area contributed by atoms with E-state index >= 15 is 0 Å². The number of para-hydroxylation sites is 1. The largest absolute Gasteiger partial charge is 0.352 e. The van der Waals surface area contributed by atoms with Gasteiger partial charge in [-0.2, -0.15) is 0 Å². The zero-order valence-corrected chi connectivity index (χ0v) is 24.1.